The van der Waals surface area contributed by atoms with Gasteiger partial charge in [-0.05, 0) is 13.0 Å². The van der Waals surface area contributed by atoms with Gasteiger partial charge in [-0.3, -0.25) is 14.9 Å². The summed E-state index contributed by atoms with van der Waals surface area (Å²) >= 11 is 1.25. The second-order valence-corrected chi connectivity index (χ2v) is 6.70. The number of aromatic nitrogens is 3. The summed E-state index contributed by atoms with van der Waals surface area (Å²) in [7, 11) is 1.85. The lowest BCUT2D eigenvalue weighted by atomic mass is 10.1. The van der Waals surface area contributed by atoms with Crippen molar-refractivity contribution in [2.24, 2.45) is 7.05 Å². The minimum Gasteiger partial charge on any atom is -0.305 e. The molecule has 0 aliphatic heterocycles. The minimum atomic E-state index is -0.513. The fourth-order valence-electron chi connectivity index (χ4n) is 2.48. The molecule has 0 radical (unpaired) electrons. The van der Waals surface area contributed by atoms with Crippen LogP contribution in [-0.2, 0) is 7.05 Å². The minimum absolute atomic E-state index is 0.0961. The number of benzene rings is 2. The molecule has 0 unspecified atom stereocenters. The Balaban J connectivity index is 1.73. The second-order valence-electron chi connectivity index (χ2n) is 5.75. The number of carbonyl (C=O) groups excluding carboxylic acids is 1. The Bertz CT molecular complexity index is 984. The molecule has 8 heteroatoms. The number of rotatable bonds is 6. The summed E-state index contributed by atoms with van der Waals surface area (Å²) in [6.07, 6.45) is 0. The number of carbonyl (C=O) groups is 1. The molecule has 0 atom stereocenters. The highest BCUT2D eigenvalue weighted by atomic mass is 32.2. The summed E-state index contributed by atoms with van der Waals surface area (Å²) in [5.41, 5.74) is 2.30. The molecule has 1 aromatic heterocycles. The van der Waals surface area contributed by atoms with E-state index < -0.39 is 4.92 Å². The Morgan fingerprint density at radius 3 is 2.69 bits per heavy atom. The second kappa shape index (κ2) is 7.49. The fraction of sp³-hybridized carbons (Fsp3) is 0.167. The molecule has 7 nitrogen and oxygen atoms in total. The summed E-state index contributed by atoms with van der Waals surface area (Å²) in [6, 6.07) is 13.7. The first-order valence-electron chi connectivity index (χ1n) is 7.82. The van der Waals surface area contributed by atoms with E-state index in [2.05, 4.69) is 10.2 Å². The highest BCUT2D eigenvalue weighted by Crippen LogP contribution is 2.24. The van der Waals surface area contributed by atoms with Crippen molar-refractivity contribution in [3.63, 3.8) is 0 Å². The van der Waals surface area contributed by atoms with Crippen molar-refractivity contribution in [3.05, 3.63) is 69.8 Å². The Morgan fingerprint density at radius 1 is 1.19 bits per heavy atom. The van der Waals surface area contributed by atoms with Crippen LogP contribution >= 0.6 is 11.8 Å². The van der Waals surface area contributed by atoms with Crippen LogP contribution in [0, 0.1) is 17.0 Å². The average molecular weight is 368 g/mol. The van der Waals surface area contributed by atoms with Gasteiger partial charge in [0, 0.05) is 30.3 Å². The van der Waals surface area contributed by atoms with Crippen molar-refractivity contribution in [2.45, 2.75) is 12.1 Å². The van der Waals surface area contributed by atoms with Gasteiger partial charge in [0.05, 0.1) is 10.7 Å². The molecule has 3 aromatic rings. The van der Waals surface area contributed by atoms with Crippen LogP contribution in [0.25, 0.3) is 11.4 Å². The number of nitro benzene ring substituents is 1. The lowest BCUT2D eigenvalue weighted by molar-refractivity contribution is -0.384. The zero-order chi connectivity index (χ0) is 18.7. The van der Waals surface area contributed by atoms with Crippen LogP contribution < -0.4 is 0 Å². The highest BCUT2D eigenvalue weighted by molar-refractivity contribution is 7.99. The number of Topliss-reactive ketones (excluding diaryl/α,β-unsaturated/α-hetero) is 1. The third kappa shape index (κ3) is 3.80. The molecule has 132 valence electrons. The van der Waals surface area contributed by atoms with Gasteiger partial charge in [-0.15, -0.1) is 10.2 Å². The SMILES string of the molecule is Cc1cccc(-c2nnc(SCC(=O)c3cccc([N+](=O)[O-])c3)n2C)c1. The van der Waals surface area contributed by atoms with E-state index in [-0.39, 0.29) is 17.2 Å². The largest absolute Gasteiger partial charge is 0.305 e. The molecule has 0 bridgehead atoms. The molecule has 3 rings (SSSR count). The normalized spacial score (nSPS) is 10.7. The Morgan fingerprint density at radius 2 is 1.96 bits per heavy atom. The predicted molar refractivity (Wildman–Crippen MR) is 99.3 cm³/mol. The van der Waals surface area contributed by atoms with E-state index in [0.717, 1.165) is 17.0 Å². The van der Waals surface area contributed by atoms with Gasteiger partial charge < -0.3 is 4.57 Å². The zero-order valence-corrected chi connectivity index (χ0v) is 15.1. The van der Waals surface area contributed by atoms with Gasteiger partial charge in [0.1, 0.15) is 0 Å². The molecule has 0 aliphatic rings. The highest BCUT2D eigenvalue weighted by Gasteiger charge is 2.15. The maximum atomic E-state index is 12.3. The molecule has 0 fully saturated rings. The van der Waals surface area contributed by atoms with Crippen molar-refractivity contribution in [2.75, 3.05) is 5.75 Å². The van der Waals surface area contributed by atoms with Gasteiger partial charge in [-0.25, -0.2) is 0 Å². The average Bonchev–Trinajstić information content (AvgIpc) is 3.00. The summed E-state index contributed by atoms with van der Waals surface area (Å²) < 4.78 is 1.83. The molecule has 26 heavy (non-hydrogen) atoms. The van der Waals surface area contributed by atoms with E-state index in [0.29, 0.717) is 10.7 Å². The number of aryl methyl sites for hydroxylation is 1. The van der Waals surface area contributed by atoms with Gasteiger partial charge in [0.25, 0.3) is 5.69 Å². The van der Waals surface area contributed by atoms with E-state index in [1.54, 1.807) is 6.07 Å². The van der Waals surface area contributed by atoms with Gasteiger partial charge in [-0.1, -0.05) is 47.7 Å². The zero-order valence-electron chi connectivity index (χ0n) is 14.2. The molecular weight excluding hydrogens is 352 g/mol. The van der Waals surface area contributed by atoms with Crippen molar-refractivity contribution >= 4 is 23.2 Å². The van der Waals surface area contributed by atoms with Crippen LogP contribution in [0.2, 0.25) is 0 Å². The van der Waals surface area contributed by atoms with Gasteiger partial charge in [-0.2, -0.15) is 0 Å². The molecule has 0 spiro atoms. The third-order valence-corrected chi connectivity index (χ3v) is 4.84. The van der Waals surface area contributed by atoms with Crippen LogP contribution in [0.1, 0.15) is 15.9 Å². The van der Waals surface area contributed by atoms with Crippen LogP contribution in [0.15, 0.2) is 53.7 Å². The maximum Gasteiger partial charge on any atom is 0.270 e. The number of nitrogens with zero attached hydrogens (tertiary/aromatic N) is 4. The van der Waals surface area contributed by atoms with E-state index in [1.165, 1.54) is 30.0 Å². The van der Waals surface area contributed by atoms with Gasteiger partial charge in [0.15, 0.2) is 16.8 Å². The van der Waals surface area contributed by atoms with Crippen molar-refractivity contribution in [3.8, 4) is 11.4 Å². The van der Waals surface area contributed by atoms with E-state index >= 15 is 0 Å². The summed E-state index contributed by atoms with van der Waals surface area (Å²) in [5, 5.41) is 19.8. The van der Waals surface area contributed by atoms with Crippen LogP contribution in [0.3, 0.4) is 0 Å². The molecule has 0 saturated heterocycles. The summed E-state index contributed by atoms with van der Waals surface area (Å²) in [6.45, 7) is 2.01. The van der Waals surface area contributed by atoms with E-state index in [9.17, 15) is 14.9 Å². The number of hydrogen-bond donors (Lipinski definition) is 0. The lowest BCUT2D eigenvalue weighted by Gasteiger charge is -2.04. The molecule has 1 heterocycles. The molecule has 2 aromatic carbocycles. The third-order valence-electron chi connectivity index (χ3n) is 3.82. The number of ketones is 1. The maximum absolute atomic E-state index is 12.3. The number of nitro groups is 1. The number of hydrogen-bond acceptors (Lipinski definition) is 6. The first kappa shape index (κ1) is 17.8. The monoisotopic (exact) mass is 368 g/mol. The van der Waals surface area contributed by atoms with Crippen LogP contribution in [0.5, 0.6) is 0 Å². The number of non-ortho nitro benzene ring substituents is 1. The summed E-state index contributed by atoms with van der Waals surface area (Å²) in [4.78, 5) is 22.6. The lowest BCUT2D eigenvalue weighted by Crippen LogP contribution is -2.04. The molecule has 0 N–H and O–H groups in total. The van der Waals surface area contributed by atoms with Crippen LogP contribution in [-0.4, -0.2) is 31.2 Å². The molecule has 0 aliphatic carbocycles. The Labute approximate surface area is 154 Å². The molecule has 0 amide bonds. The molecular formula is C18H16N4O3S. The van der Waals surface area contributed by atoms with E-state index in [4.69, 9.17) is 0 Å². The van der Waals surface area contributed by atoms with E-state index in [1.807, 2.05) is 42.8 Å². The van der Waals surface area contributed by atoms with Crippen molar-refractivity contribution in [1.29, 1.82) is 0 Å². The smallest absolute Gasteiger partial charge is 0.270 e. The fourth-order valence-corrected chi connectivity index (χ4v) is 3.29. The predicted octanol–water partition coefficient (Wildman–Crippen LogP) is 3.67. The quantitative estimate of drug-likeness (QED) is 0.285. The topological polar surface area (TPSA) is 90.9 Å². The first-order valence-corrected chi connectivity index (χ1v) is 8.81. The first-order chi connectivity index (χ1) is 12.5. The van der Waals surface area contributed by atoms with Crippen LogP contribution in [0.4, 0.5) is 5.69 Å². The van der Waals surface area contributed by atoms with Crippen molar-refractivity contribution in [1.82, 2.24) is 14.8 Å². The van der Waals surface area contributed by atoms with Gasteiger partial charge >= 0.3 is 0 Å². The standard InChI is InChI=1S/C18H16N4O3S/c1-12-5-3-7-14(9-12)17-19-20-18(21(17)2)26-11-16(23)13-6-4-8-15(10-13)22(24)25/h3-10H,11H2,1-2H3. The van der Waals surface area contributed by atoms with Crippen molar-refractivity contribution < 1.29 is 9.72 Å². The number of thioether (sulfide) groups is 1. The molecule has 0 saturated carbocycles. The van der Waals surface area contributed by atoms with Gasteiger partial charge in [0.2, 0.25) is 0 Å². The Kier molecular flexibility index (Phi) is 5.13. The Hall–Kier alpha value is -3.00. The summed E-state index contributed by atoms with van der Waals surface area (Å²) in [5.74, 6) is 0.652.